The van der Waals surface area contributed by atoms with E-state index in [4.69, 9.17) is 10.00 Å². The molecule has 0 radical (unpaired) electrons. The third kappa shape index (κ3) is 7.10. The second kappa shape index (κ2) is 9.95. The van der Waals surface area contributed by atoms with Gasteiger partial charge in [0.15, 0.2) is 0 Å². The van der Waals surface area contributed by atoms with Gasteiger partial charge in [-0.25, -0.2) is 0 Å². The van der Waals surface area contributed by atoms with Crippen LogP contribution in [-0.4, -0.2) is 44.0 Å². The summed E-state index contributed by atoms with van der Waals surface area (Å²) < 4.78 is 5.08. The van der Waals surface area contributed by atoms with E-state index >= 15 is 0 Å². The van der Waals surface area contributed by atoms with Crippen molar-refractivity contribution in [3.05, 3.63) is 0 Å². The smallest absolute Gasteiger partial charge is 0.0635 e. The molecule has 0 aliphatic heterocycles. The Morgan fingerprint density at radius 3 is 2.50 bits per heavy atom. The monoisotopic (exact) mass is 244 g/mol. The third-order valence-electron chi connectivity index (χ3n) is 2.82. The first kappa shape index (κ1) is 15.8. The minimum atomic E-state index is 0.582. The van der Waals surface area contributed by atoms with Crippen molar-refractivity contribution in [3.63, 3.8) is 0 Å². The average molecular weight is 244 g/mol. The molecule has 0 amide bonds. The molecule has 0 spiro atoms. The van der Waals surface area contributed by atoms with Gasteiger partial charge >= 0.3 is 0 Å². The second-order valence-electron chi connectivity index (χ2n) is 4.39. The highest BCUT2D eigenvalue weighted by molar-refractivity contribution is 7.80. The molecule has 94 valence electrons. The molecule has 0 fully saturated rings. The van der Waals surface area contributed by atoms with Crippen LogP contribution in [0.25, 0.3) is 0 Å². The SMILES string of the molecule is COCCN(CCC#N)CC(CS)C(C)C. The highest BCUT2D eigenvalue weighted by Crippen LogP contribution is 2.14. The average Bonchev–Trinajstić information content (AvgIpc) is 2.27. The van der Waals surface area contributed by atoms with Crippen LogP contribution in [0.3, 0.4) is 0 Å². The molecule has 0 aliphatic carbocycles. The lowest BCUT2D eigenvalue weighted by Crippen LogP contribution is -2.35. The highest BCUT2D eigenvalue weighted by Gasteiger charge is 2.15. The van der Waals surface area contributed by atoms with Gasteiger partial charge in [-0.05, 0) is 17.6 Å². The molecule has 3 nitrogen and oxygen atoms in total. The normalized spacial score (nSPS) is 13.1. The Hall–Kier alpha value is -0.240. The molecule has 0 saturated carbocycles. The van der Waals surface area contributed by atoms with Crippen molar-refractivity contribution in [1.29, 1.82) is 5.26 Å². The number of hydrogen-bond donors (Lipinski definition) is 1. The standard InChI is InChI=1S/C12H24N2OS/c1-11(2)12(10-16)9-14(6-4-5-13)7-8-15-3/h11-12,16H,4,6-10H2,1-3H3. The Morgan fingerprint density at radius 1 is 1.38 bits per heavy atom. The summed E-state index contributed by atoms with van der Waals surface area (Å²) in [5, 5.41) is 8.62. The molecule has 0 heterocycles. The molecule has 4 heteroatoms. The van der Waals surface area contributed by atoms with E-state index in [-0.39, 0.29) is 0 Å². The fourth-order valence-electron chi connectivity index (χ4n) is 1.53. The summed E-state index contributed by atoms with van der Waals surface area (Å²) in [5.74, 6) is 2.11. The zero-order chi connectivity index (χ0) is 12.4. The maximum atomic E-state index is 8.62. The van der Waals surface area contributed by atoms with Crippen LogP contribution in [0.2, 0.25) is 0 Å². The maximum absolute atomic E-state index is 8.62. The number of methoxy groups -OCH3 is 1. The van der Waals surface area contributed by atoms with Gasteiger partial charge in [0.1, 0.15) is 0 Å². The summed E-state index contributed by atoms with van der Waals surface area (Å²) in [6.45, 7) is 7.90. The van der Waals surface area contributed by atoms with Crippen LogP contribution in [-0.2, 0) is 4.74 Å². The Labute approximate surface area is 105 Å². The fourth-order valence-corrected chi connectivity index (χ4v) is 2.07. The van der Waals surface area contributed by atoms with Gasteiger partial charge in [0.2, 0.25) is 0 Å². The number of rotatable bonds is 9. The molecule has 1 unspecified atom stereocenters. The fraction of sp³-hybridized carbons (Fsp3) is 0.917. The maximum Gasteiger partial charge on any atom is 0.0635 e. The summed E-state index contributed by atoms with van der Waals surface area (Å²) in [7, 11) is 1.71. The van der Waals surface area contributed by atoms with Gasteiger partial charge in [0.05, 0.1) is 12.7 Å². The van der Waals surface area contributed by atoms with E-state index in [2.05, 4.69) is 37.4 Å². The lowest BCUT2D eigenvalue weighted by atomic mass is 9.97. The Balaban J connectivity index is 4.11. The number of nitriles is 1. The topological polar surface area (TPSA) is 36.3 Å². The molecule has 0 rings (SSSR count). The molecule has 1 atom stereocenters. The summed E-state index contributed by atoms with van der Waals surface area (Å²) in [4.78, 5) is 2.30. The van der Waals surface area contributed by atoms with E-state index in [1.54, 1.807) is 7.11 Å². The van der Waals surface area contributed by atoms with Crippen LogP contribution < -0.4 is 0 Å². The predicted molar refractivity (Wildman–Crippen MR) is 70.7 cm³/mol. The van der Waals surface area contributed by atoms with Crippen LogP contribution in [0.15, 0.2) is 0 Å². The molecule has 0 bridgehead atoms. The molecule has 0 N–H and O–H groups in total. The largest absolute Gasteiger partial charge is 0.383 e. The Kier molecular flexibility index (Phi) is 9.80. The van der Waals surface area contributed by atoms with Crippen molar-refractivity contribution >= 4 is 12.6 Å². The van der Waals surface area contributed by atoms with E-state index in [1.807, 2.05) is 0 Å². The zero-order valence-corrected chi connectivity index (χ0v) is 11.5. The summed E-state index contributed by atoms with van der Waals surface area (Å²) in [6.07, 6.45) is 0.584. The van der Waals surface area contributed by atoms with Crippen molar-refractivity contribution in [3.8, 4) is 6.07 Å². The Morgan fingerprint density at radius 2 is 2.06 bits per heavy atom. The number of hydrogen-bond acceptors (Lipinski definition) is 4. The minimum absolute atomic E-state index is 0.582. The summed E-state index contributed by atoms with van der Waals surface area (Å²) >= 11 is 4.39. The van der Waals surface area contributed by atoms with Gasteiger partial charge in [0.25, 0.3) is 0 Å². The second-order valence-corrected chi connectivity index (χ2v) is 4.75. The van der Waals surface area contributed by atoms with Gasteiger partial charge < -0.3 is 4.74 Å². The molecular weight excluding hydrogens is 220 g/mol. The van der Waals surface area contributed by atoms with E-state index in [0.717, 1.165) is 32.0 Å². The first-order valence-electron chi connectivity index (χ1n) is 5.84. The highest BCUT2D eigenvalue weighted by atomic mass is 32.1. The van der Waals surface area contributed by atoms with Gasteiger partial charge in [-0.15, -0.1) is 0 Å². The van der Waals surface area contributed by atoms with Gasteiger partial charge in [-0.3, -0.25) is 4.90 Å². The van der Waals surface area contributed by atoms with E-state index in [9.17, 15) is 0 Å². The van der Waals surface area contributed by atoms with E-state index < -0.39 is 0 Å². The Bertz CT molecular complexity index is 204. The quantitative estimate of drug-likeness (QED) is 0.631. The van der Waals surface area contributed by atoms with Crippen LogP contribution in [0, 0.1) is 23.2 Å². The van der Waals surface area contributed by atoms with E-state index in [1.165, 1.54) is 0 Å². The molecule has 0 aliphatic rings. The zero-order valence-electron chi connectivity index (χ0n) is 10.6. The molecule has 0 aromatic heterocycles. The predicted octanol–water partition coefficient (Wildman–Crippen LogP) is 2.05. The van der Waals surface area contributed by atoms with Crippen molar-refractivity contribution in [1.82, 2.24) is 4.90 Å². The lowest BCUT2D eigenvalue weighted by Gasteiger charge is -2.28. The number of nitrogens with zero attached hydrogens (tertiary/aromatic N) is 2. The van der Waals surface area contributed by atoms with Crippen LogP contribution >= 0.6 is 12.6 Å². The van der Waals surface area contributed by atoms with Gasteiger partial charge in [-0.2, -0.15) is 17.9 Å². The van der Waals surface area contributed by atoms with Gasteiger partial charge in [0, 0.05) is 33.2 Å². The van der Waals surface area contributed by atoms with E-state index in [0.29, 0.717) is 18.3 Å². The summed E-state index contributed by atoms with van der Waals surface area (Å²) in [6, 6.07) is 2.19. The van der Waals surface area contributed by atoms with Crippen LogP contribution in [0.4, 0.5) is 0 Å². The first-order chi connectivity index (χ1) is 7.65. The number of thiol groups is 1. The van der Waals surface area contributed by atoms with Crippen molar-refractivity contribution in [2.75, 3.05) is 39.1 Å². The summed E-state index contributed by atoms with van der Waals surface area (Å²) in [5.41, 5.74) is 0. The molecule has 0 aromatic carbocycles. The number of ether oxygens (including phenoxy) is 1. The molecule has 0 saturated heterocycles. The first-order valence-corrected chi connectivity index (χ1v) is 6.48. The molecule has 0 aromatic rings. The van der Waals surface area contributed by atoms with Crippen LogP contribution in [0.5, 0.6) is 0 Å². The minimum Gasteiger partial charge on any atom is -0.383 e. The third-order valence-corrected chi connectivity index (χ3v) is 3.29. The van der Waals surface area contributed by atoms with Crippen molar-refractivity contribution < 1.29 is 4.74 Å². The van der Waals surface area contributed by atoms with Crippen molar-refractivity contribution in [2.45, 2.75) is 20.3 Å². The van der Waals surface area contributed by atoms with Crippen molar-refractivity contribution in [2.24, 2.45) is 11.8 Å². The molecule has 16 heavy (non-hydrogen) atoms. The van der Waals surface area contributed by atoms with Gasteiger partial charge in [-0.1, -0.05) is 13.8 Å². The van der Waals surface area contributed by atoms with Crippen LogP contribution in [0.1, 0.15) is 20.3 Å². The lowest BCUT2D eigenvalue weighted by molar-refractivity contribution is 0.134. The molecular formula is C12H24N2OS.